The number of nitrogen functional groups attached to an aromatic ring is 1. The maximum atomic E-state index is 10.7. The fourth-order valence-electron chi connectivity index (χ4n) is 0.846. The van der Waals surface area contributed by atoms with Gasteiger partial charge in [-0.2, -0.15) is 16.8 Å². The SMILES string of the molecule is Nc1cc(S(=O)(=O)O)[c]cc1S(=O)(=O)O. The molecule has 0 atom stereocenters. The molecule has 0 aliphatic rings. The van der Waals surface area contributed by atoms with Crippen LogP contribution in [0.25, 0.3) is 0 Å². The molecule has 0 spiro atoms. The Morgan fingerprint density at radius 3 is 2.00 bits per heavy atom. The molecule has 9 heteroatoms. The summed E-state index contributed by atoms with van der Waals surface area (Å²) in [5.74, 6) is 0. The molecule has 7 nitrogen and oxygen atoms in total. The second kappa shape index (κ2) is 3.45. The van der Waals surface area contributed by atoms with Crippen LogP contribution < -0.4 is 5.73 Å². The highest BCUT2D eigenvalue weighted by Crippen LogP contribution is 2.21. The number of hydrogen-bond acceptors (Lipinski definition) is 5. The summed E-state index contributed by atoms with van der Waals surface area (Å²) in [4.78, 5) is -1.35. The minimum absolute atomic E-state index is 0.496. The molecule has 0 unspecified atom stereocenters. The average Bonchev–Trinajstić information content (AvgIpc) is 1.99. The van der Waals surface area contributed by atoms with Gasteiger partial charge in [0.15, 0.2) is 0 Å². The minimum atomic E-state index is -4.53. The van der Waals surface area contributed by atoms with E-state index in [2.05, 4.69) is 0 Å². The van der Waals surface area contributed by atoms with Gasteiger partial charge < -0.3 is 5.73 Å². The van der Waals surface area contributed by atoms with E-state index >= 15 is 0 Å². The van der Waals surface area contributed by atoms with E-state index in [-0.39, 0.29) is 0 Å². The Morgan fingerprint density at radius 1 is 1.13 bits per heavy atom. The zero-order valence-electron chi connectivity index (χ0n) is 7.08. The first-order chi connectivity index (χ1) is 6.62. The maximum Gasteiger partial charge on any atom is 0.296 e. The quantitative estimate of drug-likeness (QED) is 0.479. The summed E-state index contributed by atoms with van der Waals surface area (Å²) >= 11 is 0. The first-order valence-electron chi connectivity index (χ1n) is 3.38. The Bertz CT molecular complexity index is 588. The molecule has 0 fully saturated rings. The van der Waals surface area contributed by atoms with E-state index in [1.807, 2.05) is 6.07 Å². The van der Waals surface area contributed by atoms with Crippen molar-refractivity contribution in [2.45, 2.75) is 9.79 Å². The lowest BCUT2D eigenvalue weighted by Crippen LogP contribution is -2.06. The highest BCUT2D eigenvalue weighted by Gasteiger charge is 2.17. The van der Waals surface area contributed by atoms with E-state index in [1.165, 1.54) is 0 Å². The zero-order valence-corrected chi connectivity index (χ0v) is 8.71. The molecule has 15 heavy (non-hydrogen) atoms. The molecule has 0 bridgehead atoms. The smallest absolute Gasteiger partial charge is 0.296 e. The van der Waals surface area contributed by atoms with Gasteiger partial charge in [-0.25, -0.2) is 0 Å². The summed E-state index contributed by atoms with van der Waals surface area (Å²) < 4.78 is 59.7. The molecule has 1 rings (SSSR count). The minimum Gasteiger partial charge on any atom is -0.398 e. The van der Waals surface area contributed by atoms with Crippen LogP contribution >= 0.6 is 0 Å². The fraction of sp³-hybridized carbons (Fsp3) is 0. The van der Waals surface area contributed by atoms with Gasteiger partial charge in [0.2, 0.25) is 0 Å². The summed E-state index contributed by atoms with van der Waals surface area (Å²) in [5.41, 5.74) is 4.67. The Labute approximate surface area is 86.0 Å². The number of benzene rings is 1. The number of hydrogen-bond donors (Lipinski definition) is 3. The first kappa shape index (κ1) is 11.9. The third kappa shape index (κ3) is 2.65. The van der Waals surface area contributed by atoms with Gasteiger partial charge >= 0.3 is 0 Å². The summed E-state index contributed by atoms with van der Waals surface area (Å²) in [7, 11) is -9.03. The molecule has 0 amide bonds. The lowest BCUT2D eigenvalue weighted by Gasteiger charge is -2.03. The van der Waals surface area contributed by atoms with Crippen LogP contribution in [0.2, 0.25) is 0 Å². The Hall–Kier alpha value is -1.16. The van der Waals surface area contributed by atoms with E-state index in [0.717, 1.165) is 0 Å². The molecule has 0 aliphatic heterocycles. The van der Waals surface area contributed by atoms with Crippen LogP contribution in [0.5, 0.6) is 0 Å². The zero-order chi connectivity index (χ0) is 11.9. The van der Waals surface area contributed by atoms with Crippen molar-refractivity contribution < 1.29 is 25.9 Å². The normalized spacial score (nSPS) is 12.7. The topological polar surface area (TPSA) is 135 Å². The second-order valence-electron chi connectivity index (χ2n) is 2.57. The number of rotatable bonds is 2. The van der Waals surface area contributed by atoms with Crippen molar-refractivity contribution in [1.29, 1.82) is 0 Å². The first-order valence-corrected chi connectivity index (χ1v) is 6.26. The molecule has 0 aliphatic carbocycles. The summed E-state index contributed by atoms with van der Waals surface area (Å²) in [5, 5.41) is 0. The summed E-state index contributed by atoms with van der Waals surface area (Å²) in [6, 6.07) is 3.31. The van der Waals surface area contributed by atoms with Gasteiger partial charge in [-0.3, -0.25) is 9.11 Å². The molecule has 0 heterocycles. The standard InChI is InChI=1S/C6H6NO6S2/c7-5-3-4(14(8,9)10)1-2-6(5)15(11,12)13/h2-3H,7H2,(H,8,9,10)(H,11,12,13). The van der Waals surface area contributed by atoms with Gasteiger partial charge in [0.25, 0.3) is 20.2 Å². The van der Waals surface area contributed by atoms with Gasteiger partial charge in [-0.15, -0.1) is 0 Å². The van der Waals surface area contributed by atoms with Crippen LogP contribution in [0.4, 0.5) is 5.69 Å². The Balaban J connectivity index is 3.47. The molecule has 0 aromatic heterocycles. The van der Waals surface area contributed by atoms with Crippen LogP contribution in [0.1, 0.15) is 0 Å². The number of nitrogens with two attached hydrogens (primary N) is 1. The van der Waals surface area contributed by atoms with Crippen molar-refractivity contribution in [2.24, 2.45) is 0 Å². The Morgan fingerprint density at radius 2 is 1.67 bits per heavy atom. The molecule has 0 saturated carbocycles. The van der Waals surface area contributed by atoms with Crippen LogP contribution in [-0.2, 0) is 20.2 Å². The molecule has 4 N–H and O–H groups in total. The van der Waals surface area contributed by atoms with Crippen LogP contribution in [-0.4, -0.2) is 25.9 Å². The molecule has 1 aromatic carbocycles. The van der Waals surface area contributed by atoms with Gasteiger partial charge in [0.05, 0.1) is 5.69 Å². The van der Waals surface area contributed by atoms with E-state index in [4.69, 9.17) is 14.8 Å². The predicted octanol–water partition coefficient (Wildman–Crippen LogP) is -0.438. The molecule has 1 aromatic rings. The number of anilines is 1. The highest BCUT2D eigenvalue weighted by atomic mass is 32.2. The van der Waals surface area contributed by atoms with Crippen molar-refractivity contribution in [2.75, 3.05) is 5.73 Å². The largest absolute Gasteiger partial charge is 0.398 e. The van der Waals surface area contributed by atoms with Gasteiger partial charge in [0.1, 0.15) is 9.79 Å². The van der Waals surface area contributed by atoms with E-state index in [9.17, 15) is 16.8 Å². The second-order valence-corrected chi connectivity index (χ2v) is 5.35. The van der Waals surface area contributed by atoms with Crippen molar-refractivity contribution in [3.8, 4) is 0 Å². The van der Waals surface area contributed by atoms with E-state index in [1.54, 1.807) is 0 Å². The predicted molar refractivity (Wildman–Crippen MR) is 49.3 cm³/mol. The third-order valence-electron chi connectivity index (χ3n) is 1.47. The fourth-order valence-corrected chi connectivity index (χ4v) is 1.89. The molecular formula is C6H6NO6S2. The lowest BCUT2D eigenvalue weighted by atomic mass is 10.3. The average molecular weight is 252 g/mol. The van der Waals surface area contributed by atoms with Crippen molar-refractivity contribution in [1.82, 2.24) is 0 Å². The van der Waals surface area contributed by atoms with Gasteiger partial charge in [-0.05, 0) is 12.1 Å². The lowest BCUT2D eigenvalue weighted by molar-refractivity contribution is 0.478. The van der Waals surface area contributed by atoms with Crippen LogP contribution in [0.15, 0.2) is 21.9 Å². The van der Waals surface area contributed by atoms with Crippen LogP contribution in [0.3, 0.4) is 0 Å². The van der Waals surface area contributed by atoms with Crippen molar-refractivity contribution in [3.05, 3.63) is 18.2 Å². The summed E-state index contributed by atoms with van der Waals surface area (Å²) in [6.07, 6.45) is 0. The van der Waals surface area contributed by atoms with Crippen LogP contribution in [0, 0.1) is 6.07 Å². The summed E-state index contributed by atoms with van der Waals surface area (Å²) in [6.45, 7) is 0. The van der Waals surface area contributed by atoms with E-state index in [0.29, 0.717) is 12.1 Å². The molecule has 1 radical (unpaired) electrons. The maximum absolute atomic E-state index is 10.7. The monoisotopic (exact) mass is 252 g/mol. The molecule has 0 saturated heterocycles. The van der Waals surface area contributed by atoms with Crippen molar-refractivity contribution >= 4 is 25.9 Å². The Kier molecular flexibility index (Phi) is 2.74. The highest BCUT2D eigenvalue weighted by molar-refractivity contribution is 7.86. The van der Waals surface area contributed by atoms with Gasteiger partial charge in [-0.1, -0.05) is 0 Å². The molecule has 83 valence electrons. The van der Waals surface area contributed by atoms with E-state index < -0.39 is 35.7 Å². The van der Waals surface area contributed by atoms with Crippen molar-refractivity contribution in [3.63, 3.8) is 0 Å². The van der Waals surface area contributed by atoms with Gasteiger partial charge in [0, 0.05) is 6.07 Å². The molecular weight excluding hydrogens is 246 g/mol. The third-order valence-corrected chi connectivity index (χ3v) is 3.17.